The average molecular weight is 410 g/mol. The Balaban J connectivity index is 1.49. The maximum atomic E-state index is 12.0. The zero-order chi connectivity index (χ0) is 20.6. The molecule has 8 nitrogen and oxygen atoms in total. The van der Waals surface area contributed by atoms with Crippen molar-refractivity contribution in [3.05, 3.63) is 65.3 Å². The first-order valence-corrected chi connectivity index (χ1v) is 9.56. The number of carbonyl (C=O) groups excluding carboxylic acids is 3. The first-order chi connectivity index (χ1) is 14.0. The monoisotopic (exact) mass is 410 g/mol. The van der Waals surface area contributed by atoms with Crippen molar-refractivity contribution in [3.63, 3.8) is 0 Å². The fraction of sp³-hybridized carbons (Fsp3) is 0.150. The number of rotatable bonds is 7. The van der Waals surface area contributed by atoms with Crippen molar-refractivity contribution in [2.45, 2.75) is 6.42 Å². The molecule has 0 unspecified atom stereocenters. The number of carbonyl (C=O) groups is 3. The number of aromatic nitrogens is 2. The van der Waals surface area contributed by atoms with E-state index in [9.17, 15) is 14.4 Å². The Kier molecular flexibility index (Phi) is 6.64. The molecule has 0 spiro atoms. The predicted octanol–water partition coefficient (Wildman–Crippen LogP) is 2.29. The third kappa shape index (κ3) is 5.69. The minimum Gasteiger partial charge on any atom is -0.455 e. The van der Waals surface area contributed by atoms with Crippen molar-refractivity contribution in [2.24, 2.45) is 0 Å². The van der Waals surface area contributed by atoms with Gasteiger partial charge in [0, 0.05) is 29.9 Å². The molecule has 148 valence electrons. The number of pyridine rings is 1. The molecule has 2 N–H and O–H groups in total. The molecule has 0 radical (unpaired) electrons. The Morgan fingerprint density at radius 1 is 1.14 bits per heavy atom. The summed E-state index contributed by atoms with van der Waals surface area (Å²) in [6.07, 6.45) is 1.64. The second kappa shape index (κ2) is 9.56. The summed E-state index contributed by atoms with van der Waals surface area (Å²) in [5, 5.41) is 7.57. The molecule has 3 rings (SSSR count). The highest BCUT2D eigenvalue weighted by atomic mass is 32.1. The van der Waals surface area contributed by atoms with Gasteiger partial charge in [-0.2, -0.15) is 0 Å². The summed E-state index contributed by atoms with van der Waals surface area (Å²) in [7, 11) is 1.52. The van der Waals surface area contributed by atoms with E-state index in [1.54, 1.807) is 29.8 Å². The molecule has 0 bridgehead atoms. The Bertz CT molecular complexity index is 1020. The van der Waals surface area contributed by atoms with E-state index in [0.717, 1.165) is 5.69 Å². The van der Waals surface area contributed by atoms with Crippen molar-refractivity contribution in [2.75, 3.05) is 19.0 Å². The van der Waals surface area contributed by atoms with Gasteiger partial charge in [0.1, 0.15) is 5.01 Å². The SMILES string of the molecule is CNC(=O)c1cccc(NC(=O)COC(=O)Cc2csc(-c3ccccn3)n2)c1. The molecule has 0 atom stereocenters. The third-order valence-electron chi connectivity index (χ3n) is 3.76. The van der Waals surface area contributed by atoms with Crippen LogP contribution in [0.5, 0.6) is 0 Å². The second-order valence-electron chi connectivity index (χ2n) is 5.90. The molecule has 2 aromatic heterocycles. The van der Waals surface area contributed by atoms with Crippen LogP contribution in [-0.4, -0.2) is 41.4 Å². The number of esters is 1. The lowest BCUT2D eigenvalue weighted by Gasteiger charge is -2.07. The van der Waals surface area contributed by atoms with Gasteiger partial charge in [-0.05, 0) is 30.3 Å². The van der Waals surface area contributed by atoms with Crippen LogP contribution in [0.3, 0.4) is 0 Å². The maximum Gasteiger partial charge on any atom is 0.312 e. The largest absolute Gasteiger partial charge is 0.455 e. The summed E-state index contributed by atoms with van der Waals surface area (Å²) in [6, 6.07) is 12.0. The van der Waals surface area contributed by atoms with Gasteiger partial charge in [-0.15, -0.1) is 11.3 Å². The lowest BCUT2D eigenvalue weighted by molar-refractivity contribution is -0.146. The van der Waals surface area contributed by atoms with Crippen LogP contribution in [0.2, 0.25) is 0 Å². The van der Waals surface area contributed by atoms with Crippen LogP contribution >= 0.6 is 11.3 Å². The molecular weight excluding hydrogens is 392 g/mol. The predicted molar refractivity (Wildman–Crippen MR) is 108 cm³/mol. The number of thiazole rings is 1. The van der Waals surface area contributed by atoms with Gasteiger partial charge in [0.05, 0.1) is 17.8 Å². The molecule has 29 heavy (non-hydrogen) atoms. The van der Waals surface area contributed by atoms with Crippen molar-refractivity contribution in [1.29, 1.82) is 0 Å². The lowest BCUT2D eigenvalue weighted by atomic mass is 10.2. The fourth-order valence-corrected chi connectivity index (χ4v) is 3.21. The van der Waals surface area contributed by atoms with Crippen molar-refractivity contribution in [3.8, 4) is 10.7 Å². The number of hydrogen-bond donors (Lipinski definition) is 2. The molecule has 9 heteroatoms. The van der Waals surface area contributed by atoms with Gasteiger partial charge in [-0.3, -0.25) is 19.4 Å². The number of amides is 2. The zero-order valence-electron chi connectivity index (χ0n) is 15.5. The molecular formula is C20H18N4O4S. The molecule has 0 saturated heterocycles. The van der Waals surface area contributed by atoms with Crippen LogP contribution in [0.15, 0.2) is 54.0 Å². The Labute approximate surface area is 171 Å². The molecule has 0 fully saturated rings. The quantitative estimate of drug-likeness (QED) is 0.578. The number of nitrogens with zero attached hydrogens (tertiary/aromatic N) is 2. The summed E-state index contributed by atoms with van der Waals surface area (Å²) in [5.41, 5.74) is 2.14. The molecule has 0 aliphatic carbocycles. The van der Waals surface area contributed by atoms with Crippen molar-refractivity contribution in [1.82, 2.24) is 15.3 Å². The number of benzene rings is 1. The van der Waals surface area contributed by atoms with E-state index in [1.165, 1.54) is 24.5 Å². The van der Waals surface area contributed by atoms with E-state index in [1.807, 2.05) is 18.2 Å². The topological polar surface area (TPSA) is 110 Å². The highest BCUT2D eigenvalue weighted by Crippen LogP contribution is 2.21. The maximum absolute atomic E-state index is 12.0. The molecule has 1 aromatic carbocycles. The van der Waals surface area contributed by atoms with Gasteiger partial charge in [0.15, 0.2) is 6.61 Å². The first kappa shape index (κ1) is 20.2. The summed E-state index contributed by atoms with van der Waals surface area (Å²) in [4.78, 5) is 44.2. The van der Waals surface area contributed by atoms with E-state index in [2.05, 4.69) is 20.6 Å². The summed E-state index contributed by atoms with van der Waals surface area (Å²) in [6.45, 7) is -0.430. The number of ether oxygens (including phenoxy) is 1. The van der Waals surface area contributed by atoms with Crippen LogP contribution in [0, 0.1) is 0 Å². The number of hydrogen-bond acceptors (Lipinski definition) is 7. The Morgan fingerprint density at radius 2 is 2.00 bits per heavy atom. The molecule has 0 aliphatic heterocycles. The fourth-order valence-electron chi connectivity index (χ4n) is 2.42. The average Bonchev–Trinajstić information content (AvgIpc) is 3.21. The highest BCUT2D eigenvalue weighted by Gasteiger charge is 2.13. The smallest absolute Gasteiger partial charge is 0.312 e. The zero-order valence-corrected chi connectivity index (χ0v) is 16.4. The lowest BCUT2D eigenvalue weighted by Crippen LogP contribution is -2.22. The van der Waals surface area contributed by atoms with E-state index < -0.39 is 18.5 Å². The number of nitrogens with one attached hydrogen (secondary N) is 2. The first-order valence-electron chi connectivity index (χ1n) is 8.68. The van der Waals surface area contributed by atoms with Crippen LogP contribution in [0.1, 0.15) is 16.1 Å². The van der Waals surface area contributed by atoms with Gasteiger partial charge < -0.3 is 15.4 Å². The van der Waals surface area contributed by atoms with Gasteiger partial charge in [-0.25, -0.2) is 4.98 Å². The third-order valence-corrected chi connectivity index (χ3v) is 4.67. The van der Waals surface area contributed by atoms with E-state index in [0.29, 0.717) is 22.0 Å². The molecule has 2 amide bonds. The Hall–Kier alpha value is -3.59. The van der Waals surface area contributed by atoms with Gasteiger partial charge in [-0.1, -0.05) is 12.1 Å². The van der Waals surface area contributed by atoms with Crippen LogP contribution in [-0.2, 0) is 20.7 Å². The normalized spacial score (nSPS) is 10.2. The highest BCUT2D eigenvalue weighted by molar-refractivity contribution is 7.13. The van der Waals surface area contributed by atoms with E-state index in [-0.39, 0.29) is 12.3 Å². The molecule has 0 saturated carbocycles. The van der Waals surface area contributed by atoms with Crippen LogP contribution < -0.4 is 10.6 Å². The number of anilines is 1. The summed E-state index contributed by atoms with van der Waals surface area (Å²) in [5.74, 6) is -1.32. The molecule has 3 aromatic rings. The summed E-state index contributed by atoms with van der Waals surface area (Å²) >= 11 is 1.38. The standard InChI is InChI=1S/C20H18N4O4S/c1-21-19(27)13-5-4-6-14(9-13)23-17(25)11-28-18(26)10-15-12-29-20(24-15)16-7-2-3-8-22-16/h2-9,12H,10-11H2,1H3,(H,21,27)(H,23,25). The van der Waals surface area contributed by atoms with Gasteiger partial charge >= 0.3 is 5.97 Å². The Morgan fingerprint density at radius 3 is 2.76 bits per heavy atom. The van der Waals surface area contributed by atoms with Crippen LogP contribution in [0.25, 0.3) is 10.7 Å². The van der Waals surface area contributed by atoms with Crippen molar-refractivity contribution >= 4 is 34.8 Å². The van der Waals surface area contributed by atoms with Crippen molar-refractivity contribution < 1.29 is 19.1 Å². The van der Waals surface area contributed by atoms with Crippen LogP contribution in [0.4, 0.5) is 5.69 Å². The second-order valence-corrected chi connectivity index (χ2v) is 6.76. The minimum absolute atomic E-state index is 0.0389. The summed E-state index contributed by atoms with van der Waals surface area (Å²) < 4.78 is 5.01. The van der Waals surface area contributed by atoms with E-state index >= 15 is 0 Å². The minimum atomic E-state index is -0.558. The van der Waals surface area contributed by atoms with E-state index in [4.69, 9.17) is 4.74 Å². The van der Waals surface area contributed by atoms with Gasteiger partial charge in [0.25, 0.3) is 11.8 Å². The van der Waals surface area contributed by atoms with Gasteiger partial charge in [0.2, 0.25) is 0 Å². The molecule has 2 heterocycles. The molecule has 0 aliphatic rings.